The number of hydrogen-bond acceptors (Lipinski definition) is 4. The highest BCUT2D eigenvalue weighted by Crippen LogP contribution is 2.15. The Morgan fingerprint density at radius 1 is 1.08 bits per heavy atom. The molecule has 0 unspecified atom stereocenters. The number of rotatable bonds is 0. The van der Waals surface area contributed by atoms with Crippen LogP contribution in [-0.2, 0) is 0 Å². The first-order valence-electron chi connectivity index (χ1n) is 3.06. The summed E-state index contributed by atoms with van der Waals surface area (Å²) in [4.78, 5) is 15.4. The first-order chi connectivity index (χ1) is 5.77. The molecule has 0 saturated carbocycles. The minimum absolute atomic E-state index is 0.282. The van der Waals surface area contributed by atoms with Crippen LogP contribution in [0.2, 0.25) is 10.3 Å². The number of hydrogen-bond donors (Lipinski definition) is 0. The van der Waals surface area contributed by atoms with Gasteiger partial charge < -0.3 is 0 Å². The van der Waals surface area contributed by atoms with Crippen molar-refractivity contribution in [1.82, 2.24) is 19.9 Å². The summed E-state index contributed by atoms with van der Waals surface area (Å²) in [6, 6.07) is 0. The van der Waals surface area contributed by atoms with Crippen LogP contribution in [0.25, 0.3) is 11.2 Å². The molecule has 4 nitrogen and oxygen atoms in total. The van der Waals surface area contributed by atoms with E-state index < -0.39 is 0 Å². The van der Waals surface area contributed by atoms with Crippen LogP contribution in [0, 0.1) is 0 Å². The van der Waals surface area contributed by atoms with E-state index in [9.17, 15) is 0 Å². The molecule has 0 atom stereocenters. The fourth-order valence-corrected chi connectivity index (χ4v) is 1.10. The van der Waals surface area contributed by atoms with E-state index in [1.807, 2.05) is 0 Å². The van der Waals surface area contributed by atoms with E-state index in [0.29, 0.717) is 11.2 Å². The summed E-state index contributed by atoms with van der Waals surface area (Å²) in [5, 5.41) is 0.571. The zero-order chi connectivity index (χ0) is 8.55. The highest BCUT2D eigenvalue weighted by atomic mass is 35.5. The topological polar surface area (TPSA) is 51.6 Å². The lowest BCUT2D eigenvalue weighted by molar-refractivity contribution is 1.15. The number of nitrogens with zero attached hydrogens (tertiary/aromatic N) is 4. The quantitative estimate of drug-likeness (QED) is 0.609. The Balaban J connectivity index is 2.86. The van der Waals surface area contributed by atoms with E-state index in [-0.39, 0.29) is 10.3 Å². The summed E-state index contributed by atoms with van der Waals surface area (Å²) in [6.07, 6.45) is 2.72. The van der Waals surface area contributed by atoms with Gasteiger partial charge in [-0.1, -0.05) is 23.2 Å². The van der Waals surface area contributed by atoms with Gasteiger partial charge in [0.05, 0.1) is 6.20 Å². The Kier molecular flexibility index (Phi) is 1.78. The third-order valence-corrected chi connectivity index (χ3v) is 1.73. The molecule has 0 aliphatic heterocycles. The standard InChI is InChI=1S/C6H2Cl2N4/c7-3-1-9-4-5(8)10-2-11-6(4)12-3/h1-2H. The maximum atomic E-state index is 5.71. The van der Waals surface area contributed by atoms with Gasteiger partial charge >= 0.3 is 0 Å². The highest BCUT2D eigenvalue weighted by molar-refractivity contribution is 6.33. The predicted octanol–water partition coefficient (Wildman–Crippen LogP) is 1.73. The van der Waals surface area contributed by atoms with Crippen molar-refractivity contribution in [3.63, 3.8) is 0 Å². The molecule has 2 heterocycles. The average molecular weight is 201 g/mol. The Bertz CT molecular complexity index is 431. The van der Waals surface area contributed by atoms with Gasteiger partial charge in [-0.3, -0.25) is 0 Å². The van der Waals surface area contributed by atoms with Crippen LogP contribution in [0.1, 0.15) is 0 Å². The van der Waals surface area contributed by atoms with Crippen molar-refractivity contribution < 1.29 is 0 Å². The fourth-order valence-electron chi connectivity index (χ4n) is 0.789. The van der Waals surface area contributed by atoms with Gasteiger partial charge in [0, 0.05) is 0 Å². The summed E-state index contributed by atoms with van der Waals surface area (Å²) >= 11 is 11.3. The van der Waals surface area contributed by atoms with Crippen LogP contribution in [0.5, 0.6) is 0 Å². The molecular weight excluding hydrogens is 199 g/mol. The van der Waals surface area contributed by atoms with Crippen LogP contribution >= 0.6 is 23.2 Å². The normalized spacial score (nSPS) is 10.5. The lowest BCUT2D eigenvalue weighted by Gasteiger charge is -1.95. The average Bonchev–Trinajstić information content (AvgIpc) is 2.04. The zero-order valence-electron chi connectivity index (χ0n) is 5.70. The van der Waals surface area contributed by atoms with Crippen molar-refractivity contribution in [3.8, 4) is 0 Å². The second-order valence-electron chi connectivity index (χ2n) is 2.03. The van der Waals surface area contributed by atoms with Crippen molar-refractivity contribution in [2.45, 2.75) is 0 Å². The Morgan fingerprint density at radius 2 is 1.92 bits per heavy atom. The Morgan fingerprint density at radius 3 is 2.75 bits per heavy atom. The first kappa shape index (κ1) is 7.64. The Hall–Kier alpha value is -1.00. The Labute approximate surface area is 77.6 Å². The summed E-state index contributed by atoms with van der Waals surface area (Å²) in [7, 11) is 0. The van der Waals surface area contributed by atoms with E-state index in [1.165, 1.54) is 12.5 Å². The van der Waals surface area contributed by atoms with Crippen LogP contribution in [0.3, 0.4) is 0 Å². The first-order valence-corrected chi connectivity index (χ1v) is 3.82. The number of halogens is 2. The largest absolute Gasteiger partial charge is 0.246 e. The van der Waals surface area contributed by atoms with Gasteiger partial charge in [0.1, 0.15) is 17.0 Å². The molecule has 0 fully saturated rings. The molecule has 0 radical (unpaired) electrons. The molecule has 0 bridgehead atoms. The molecule has 0 amide bonds. The van der Waals surface area contributed by atoms with Gasteiger partial charge in [-0.05, 0) is 0 Å². The van der Waals surface area contributed by atoms with Crippen molar-refractivity contribution in [2.24, 2.45) is 0 Å². The van der Waals surface area contributed by atoms with Gasteiger partial charge in [-0.15, -0.1) is 0 Å². The molecule has 2 rings (SSSR count). The molecule has 0 aromatic carbocycles. The maximum absolute atomic E-state index is 5.71. The van der Waals surface area contributed by atoms with Gasteiger partial charge in [0.2, 0.25) is 0 Å². The van der Waals surface area contributed by atoms with Crippen molar-refractivity contribution >= 4 is 34.4 Å². The van der Waals surface area contributed by atoms with Gasteiger partial charge in [-0.25, -0.2) is 19.9 Å². The fraction of sp³-hybridized carbons (Fsp3) is 0. The van der Waals surface area contributed by atoms with Crippen LogP contribution < -0.4 is 0 Å². The van der Waals surface area contributed by atoms with Crippen molar-refractivity contribution in [1.29, 1.82) is 0 Å². The predicted molar refractivity (Wildman–Crippen MR) is 45.1 cm³/mol. The molecule has 0 saturated heterocycles. The molecule has 60 valence electrons. The van der Waals surface area contributed by atoms with Gasteiger partial charge in [0.15, 0.2) is 10.8 Å². The molecule has 0 aliphatic rings. The van der Waals surface area contributed by atoms with Crippen molar-refractivity contribution in [2.75, 3.05) is 0 Å². The molecule has 0 spiro atoms. The SMILES string of the molecule is Clc1cnc2c(Cl)ncnc2n1. The van der Waals surface area contributed by atoms with Crippen LogP contribution in [0.4, 0.5) is 0 Å². The molecule has 12 heavy (non-hydrogen) atoms. The number of aromatic nitrogens is 4. The molecule has 2 aromatic rings. The third kappa shape index (κ3) is 1.19. The smallest absolute Gasteiger partial charge is 0.184 e. The monoisotopic (exact) mass is 200 g/mol. The number of fused-ring (bicyclic) bond motifs is 1. The van der Waals surface area contributed by atoms with Gasteiger partial charge in [-0.2, -0.15) is 0 Å². The van der Waals surface area contributed by atoms with Crippen molar-refractivity contribution in [3.05, 3.63) is 22.8 Å². The molecule has 0 aliphatic carbocycles. The minimum atomic E-state index is 0.282. The van der Waals surface area contributed by atoms with Crippen LogP contribution in [-0.4, -0.2) is 19.9 Å². The van der Waals surface area contributed by atoms with Gasteiger partial charge in [0.25, 0.3) is 0 Å². The van der Waals surface area contributed by atoms with E-state index in [4.69, 9.17) is 23.2 Å². The lowest BCUT2D eigenvalue weighted by atomic mass is 10.5. The van der Waals surface area contributed by atoms with E-state index in [2.05, 4.69) is 19.9 Å². The maximum Gasteiger partial charge on any atom is 0.184 e. The van der Waals surface area contributed by atoms with E-state index in [0.717, 1.165) is 0 Å². The molecular formula is C6H2Cl2N4. The lowest BCUT2D eigenvalue weighted by Crippen LogP contribution is -1.90. The summed E-state index contributed by atoms with van der Waals surface area (Å²) < 4.78 is 0. The molecule has 6 heteroatoms. The highest BCUT2D eigenvalue weighted by Gasteiger charge is 2.03. The summed E-state index contributed by atoms with van der Waals surface area (Å²) in [5.74, 6) is 0. The summed E-state index contributed by atoms with van der Waals surface area (Å²) in [5.41, 5.74) is 0.867. The second kappa shape index (κ2) is 2.80. The van der Waals surface area contributed by atoms with E-state index in [1.54, 1.807) is 0 Å². The molecule has 0 N–H and O–H groups in total. The zero-order valence-corrected chi connectivity index (χ0v) is 7.21. The summed E-state index contributed by atoms with van der Waals surface area (Å²) in [6.45, 7) is 0. The van der Waals surface area contributed by atoms with E-state index >= 15 is 0 Å². The van der Waals surface area contributed by atoms with Crippen LogP contribution in [0.15, 0.2) is 12.5 Å². The minimum Gasteiger partial charge on any atom is -0.246 e. The molecule has 2 aromatic heterocycles. The second-order valence-corrected chi connectivity index (χ2v) is 2.77. The third-order valence-electron chi connectivity index (χ3n) is 1.27.